The van der Waals surface area contributed by atoms with Gasteiger partial charge in [0.25, 0.3) is 0 Å². The van der Waals surface area contributed by atoms with Gasteiger partial charge >= 0.3 is 0 Å². The van der Waals surface area contributed by atoms with Crippen LogP contribution in [-0.4, -0.2) is 0 Å². The third-order valence-electron chi connectivity index (χ3n) is 8.82. The van der Waals surface area contributed by atoms with E-state index in [1.807, 2.05) is 0 Å². The Bertz CT molecular complexity index is 958. The van der Waals surface area contributed by atoms with Gasteiger partial charge in [0.15, 0.2) is 0 Å². The van der Waals surface area contributed by atoms with Gasteiger partial charge in [-0.15, -0.1) is 0 Å². The van der Waals surface area contributed by atoms with Crippen molar-refractivity contribution in [1.29, 1.82) is 0 Å². The Morgan fingerprint density at radius 2 is 1.11 bits per heavy atom. The molecule has 0 unspecified atom stereocenters. The Morgan fingerprint density at radius 1 is 0.639 bits per heavy atom. The summed E-state index contributed by atoms with van der Waals surface area (Å²) < 4.78 is 57.5. The van der Waals surface area contributed by atoms with Crippen LogP contribution in [0.1, 0.15) is 108 Å². The molecule has 0 aromatic heterocycles. The van der Waals surface area contributed by atoms with E-state index < -0.39 is 33.9 Å². The Balaban J connectivity index is 1.27. The lowest BCUT2D eigenvalue weighted by molar-refractivity contribution is 0.222. The molecule has 0 bridgehead atoms. The van der Waals surface area contributed by atoms with Crippen molar-refractivity contribution in [3.63, 3.8) is 0 Å². The van der Waals surface area contributed by atoms with Crippen LogP contribution < -0.4 is 0 Å². The smallest absolute Gasteiger partial charge is 0.145 e. The average Bonchev–Trinajstić information content (AvgIpc) is 2.87. The van der Waals surface area contributed by atoms with Gasteiger partial charge in [-0.25, -0.2) is 17.6 Å². The molecule has 4 rings (SSSR count). The number of hydrogen-bond donors (Lipinski definition) is 0. The first-order valence-electron chi connectivity index (χ1n) is 14.0. The monoisotopic (exact) mass is 522 g/mol. The van der Waals surface area contributed by atoms with Crippen LogP contribution in [0.3, 0.4) is 0 Å². The molecule has 2 aromatic rings. The minimum atomic E-state index is -1.03. The number of rotatable bonds is 9. The average molecular weight is 523 g/mol. The predicted molar refractivity (Wildman–Crippen MR) is 140 cm³/mol. The van der Waals surface area contributed by atoms with Gasteiger partial charge in [0.1, 0.15) is 28.3 Å². The van der Waals surface area contributed by atoms with Gasteiger partial charge in [0, 0.05) is 0 Å². The first-order chi connectivity index (χ1) is 17.4. The maximum Gasteiger partial charge on any atom is 0.145 e. The van der Waals surface area contributed by atoms with E-state index in [1.165, 1.54) is 76.3 Å². The zero-order valence-corrected chi connectivity index (χ0v) is 22.2. The molecule has 0 aliphatic heterocycles. The predicted octanol–water partition coefficient (Wildman–Crippen LogP) is 11.0. The minimum Gasteiger partial charge on any atom is -0.206 e. The largest absolute Gasteiger partial charge is 0.206 e. The van der Waals surface area contributed by atoms with Crippen molar-refractivity contribution in [2.45, 2.75) is 103 Å². The van der Waals surface area contributed by atoms with Crippen molar-refractivity contribution in [2.24, 2.45) is 17.8 Å². The second-order valence-corrected chi connectivity index (χ2v) is 11.7. The summed E-state index contributed by atoms with van der Waals surface area (Å²) in [5, 5.41) is -0.678. The fraction of sp³-hybridized carbons (Fsp3) is 0.613. The third kappa shape index (κ3) is 6.85. The summed E-state index contributed by atoms with van der Waals surface area (Å²) in [6, 6.07) is 4.42. The second-order valence-electron chi connectivity index (χ2n) is 11.3. The normalized spacial score (nSPS) is 24.7. The van der Waals surface area contributed by atoms with Crippen molar-refractivity contribution in [1.82, 2.24) is 0 Å². The highest BCUT2D eigenvalue weighted by atomic mass is 35.5. The molecule has 2 fully saturated rings. The van der Waals surface area contributed by atoms with E-state index in [9.17, 15) is 17.6 Å². The molecule has 0 radical (unpaired) electrons. The van der Waals surface area contributed by atoms with Gasteiger partial charge in [0.05, 0.1) is 5.56 Å². The van der Waals surface area contributed by atoms with Crippen LogP contribution in [0.5, 0.6) is 0 Å². The lowest BCUT2D eigenvalue weighted by Gasteiger charge is -2.32. The van der Waals surface area contributed by atoms with Crippen LogP contribution >= 0.6 is 11.6 Å². The second kappa shape index (κ2) is 12.8. The number of hydrogen-bond acceptors (Lipinski definition) is 0. The summed E-state index contributed by atoms with van der Waals surface area (Å²) in [5.74, 6) is -0.997. The van der Waals surface area contributed by atoms with Crippen molar-refractivity contribution >= 4 is 11.6 Å². The SMILES string of the molecule is CCCCCC1CCC(CCC2CCC(c3cc(F)c(-c4cc(F)c(Cl)c(F)c4)c(F)c3)CC2)CC1. The zero-order chi connectivity index (χ0) is 25.7. The van der Waals surface area contributed by atoms with E-state index in [1.54, 1.807) is 0 Å². The summed E-state index contributed by atoms with van der Waals surface area (Å²) in [5.41, 5.74) is 0.0418. The van der Waals surface area contributed by atoms with Gasteiger partial charge in [-0.05, 0) is 84.7 Å². The van der Waals surface area contributed by atoms with Crippen LogP contribution in [0.25, 0.3) is 11.1 Å². The maximum atomic E-state index is 14.9. The van der Waals surface area contributed by atoms with E-state index in [0.29, 0.717) is 11.5 Å². The minimum absolute atomic E-state index is 0.122. The van der Waals surface area contributed by atoms with Crippen LogP contribution in [0.2, 0.25) is 5.02 Å². The summed E-state index contributed by atoms with van der Waals surface area (Å²) in [6.07, 6.45) is 17.7. The molecule has 2 aliphatic carbocycles. The number of halogens is 5. The van der Waals surface area contributed by atoms with Gasteiger partial charge in [0.2, 0.25) is 0 Å². The number of benzene rings is 2. The van der Waals surface area contributed by atoms with Crippen LogP contribution in [0, 0.1) is 41.0 Å². The van der Waals surface area contributed by atoms with Crippen molar-refractivity contribution in [3.05, 3.63) is 58.1 Å². The summed E-state index contributed by atoms with van der Waals surface area (Å²) in [4.78, 5) is 0. The van der Waals surface area contributed by atoms with Crippen molar-refractivity contribution in [2.75, 3.05) is 0 Å². The molecule has 2 aromatic carbocycles. The summed E-state index contributed by atoms with van der Waals surface area (Å²) >= 11 is 5.51. The van der Waals surface area contributed by atoms with Gasteiger partial charge in [-0.1, -0.05) is 82.7 Å². The topological polar surface area (TPSA) is 0 Å². The molecule has 0 nitrogen and oxygen atoms in total. The maximum absolute atomic E-state index is 14.9. The molecular weight excluding hydrogens is 484 g/mol. The van der Waals surface area contributed by atoms with Crippen LogP contribution in [-0.2, 0) is 0 Å². The highest BCUT2D eigenvalue weighted by molar-refractivity contribution is 6.31. The molecule has 0 amide bonds. The van der Waals surface area contributed by atoms with Crippen molar-refractivity contribution < 1.29 is 17.6 Å². The fourth-order valence-electron chi connectivity index (χ4n) is 6.55. The van der Waals surface area contributed by atoms with Gasteiger partial charge < -0.3 is 0 Å². The summed E-state index contributed by atoms with van der Waals surface area (Å²) in [7, 11) is 0. The van der Waals surface area contributed by atoms with Crippen molar-refractivity contribution in [3.8, 4) is 11.1 Å². The van der Waals surface area contributed by atoms with Crippen LogP contribution in [0.4, 0.5) is 17.6 Å². The molecular formula is C31H39ClF4. The fourth-order valence-corrected chi connectivity index (χ4v) is 6.66. The molecule has 2 saturated carbocycles. The quantitative estimate of drug-likeness (QED) is 0.174. The zero-order valence-electron chi connectivity index (χ0n) is 21.4. The Hall–Kier alpha value is -1.55. The molecule has 198 valence electrons. The van der Waals surface area contributed by atoms with E-state index in [0.717, 1.165) is 49.7 Å². The van der Waals surface area contributed by atoms with E-state index >= 15 is 0 Å². The van der Waals surface area contributed by atoms with Gasteiger partial charge in [-0.2, -0.15) is 0 Å². The van der Waals surface area contributed by atoms with E-state index in [2.05, 4.69) is 6.92 Å². The molecule has 0 spiro atoms. The molecule has 0 heterocycles. The van der Waals surface area contributed by atoms with Gasteiger partial charge in [-0.3, -0.25) is 0 Å². The van der Waals surface area contributed by atoms with Crippen LogP contribution in [0.15, 0.2) is 24.3 Å². The van der Waals surface area contributed by atoms with E-state index in [4.69, 9.17) is 11.6 Å². The standard InChI is InChI=1S/C31H39ClF4/c1-2-3-4-5-20-6-8-21(9-7-20)10-11-22-12-14-23(15-13-22)24-16-26(33)30(27(34)17-24)25-18-28(35)31(32)29(36)19-25/h16-23H,2-15H2,1H3. The lowest BCUT2D eigenvalue weighted by Crippen LogP contribution is -2.18. The molecule has 0 atom stereocenters. The Morgan fingerprint density at radius 3 is 1.61 bits per heavy atom. The Labute approximate surface area is 218 Å². The molecule has 36 heavy (non-hydrogen) atoms. The third-order valence-corrected chi connectivity index (χ3v) is 9.18. The number of unbranched alkanes of at least 4 members (excludes halogenated alkanes) is 2. The first-order valence-corrected chi connectivity index (χ1v) is 14.4. The van der Waals surface area contributed by atoms with E-state index in [-0.39, 0.29) is 11.5 Å². The molecule has 5 heteroatoms. The molecule has 0 saturated heterocycles. The molecule has 2 aliphatic rings. The lowest BCUT2D eigenvalue weighted by atomic mass is 9.74. The highest BCUT2D eigenvalue weighted by Crippen LogP contribution is 2.42. The first kappa shape index (κ1) is 27.5. The summed E-state index contributed by atoms with van der Waals surface area (Å²) in [6.45, 7) is 2.27. The highest BCUT2D eigenvalue weighted by Gasteiger charge is 2.27. The molecule has 0 N–H and O–H groups in total. The Kier molecular flexibility index (Phi) is 9.77.